The highest BCUT2D eigenvalue weighted by molar-refractivity contribution is 4.82. The zero-order valence-corrected chi connectivity index (χ0v) is 7.42. The maximum atomic E-state index is 12.0. The van der Waals surface area contributed by atoms with Gasteiger partial charge in [-0.3, -0.25) is 0 Å². The van der Waals surface area contributed by atoms with Gasteiger partial charge >= 0.3 is 6.43 Å². The van der Waals surface area contributed by atoms with Gasteiger partial charge in [0, 0.05) is 6.04 Å². The molecule has 0 unspecified atom stereocenters. The molecule has 0 aliphatic rings. The van der Waals surface area contributed by atoms with Crippen LogP contribution >= 0.6 is 0 Å². The summed E-state index contributed by atoms with van der Waals surface area (Å²) in [5.41, 5.74) is 0. The lowest BCUT2D eigenvalue weighted by Crippen LogP contribution is -2.21. The molecule has 0 radical (unpaired) electrons. The van der Waals surface area contributed by atoms with E-state index in [2.05, 4.69) is 19.9 Å². The molecular weight excluding hydrogens is 180 g/mol. The Hall–Kier alpha value is -1.04. The van der Waals surface area contributed by atoms with Crippen LogP contribution in [0.25, 0.3) is 0 Å². The van der Waals surface area contributed by atoms with Crippen molar-refractivity contribution in [2.24, 2.45) is 0 Å². The summed E-state index contributed by atoms with van der Waals surface area (Å²) in [6.07, 6.45) is -2.69. The third-order valence-electron chi connectivity index (χ3n) is 1.33. The summed E-state index contributed by atoms with van der Waals surface area (Å²) in [7, 11) is 0. The summed E-state index contributed by atoms with van der Waals surface area (Å²) in [4.78, 5) is 0. The van der Waals surface area contributed by atoms with Crippen LogP contribution in [0.3, 0.4) is 0 Å². The maximum absolute atomic E-state index is 12.0. The highest BCUT2D eigenvalue weighted by Crippen LogP contribution is 2.16. The lowest BCUT2D eigenvalue weighted by atomic mass is 10.4. The molecule has 0 fully saturated rings. The predicted molar refractivity (Wildman–Crippen MR) is 41.2 cm³/mol. The molecule has 0 amide bonds. The molecule has 0 atom stereocenters. The summed E-state index contributed by atoms with van der Waals surface area (Å²) < 4.78 is 28.6. The Kier molecular flexibility index (Phi) is 3.30. The molecule has 74 valence electrons. The Morgan fingerprint density at radius 2 is 2.08 bits per heavy atom. The van der Waals surface area contributed by atoms with Crippen molar-refractivity contribution < 1.29 is 13.2 Å². The van der Waals surface area contributed by atoms with Crippen molar-refractivity contribution in [1.82, 2.24) is 15.5 Å². The first kappa shape index (κ1) is 10.0. The lowest BCUT2D eigenvalue weighted by Gasteiger charge is -2.03. The van der Waals surface area contributed by atoms with E-state index >= 15 is 0 Å². The van der Waals surface area contributed by atoms with Crippen LogP contribution in [0.1, 0.15) is 32.1 Å². The standard InChI is InChI=1S/C7H11F2N3O/c1-4(2)10-3-5-11-12-7(13-5)6(8)9/h4,6,10H,3H2,1-2H3. The summed E-state index contributed by atoms with van der Waals surface area (Å²) >= 11 is 0. The van der Waals surface area contributed by atoms with Crippen LogP contribution in [0.15, 0.2) is 4.42 Å². The van der Waals surface area contributed by atoms with Gasteiger partial charge in [-0.05, 0) is 0 Å². The van der Waals surface area contributed by atoms with Gasteiger partial charge in [0.2, 0.25) is 5.89 Å². The van der Waals surface area contributed by atoms with E-state index in [1.54, 1.807) is 0 Å². The van der Waals surface area contributed by atoms with Crippen LogP contribution in [0, 0.1) is 0 Å². The first-order valence-electron chi connectivity index (χ1n) is 3.93. The fourth-order valence-electron chi connectivity index (χ4n) is 0.718. The van der Waals surface area contributed by atoms with Crippen molar-refractivity contribution in [3.05, 3.63) is 11.8 Å². The lowest BCUT2D eigenvalue weighted by molar-refractivity contribution is 0.113. The van der Waals surface area contributed by atoms with E-state index in [0.717, 1.165) is 0 Å². The fourth-order valence-corrected chi connectivity index (χ4v) is 0.718. The van der Waals surface area contributed by atoms with Crippen molar-refractivity contribution in [3.63, 3.8) is 0 Å². The van der Waals surface area contributed by atoms with Gasteiger partial charge in [-0.15, -0.1) is 10.2 Å². The number of nitrogens with one attached hydrogen (secondary N) is 1. The molecular formula is C7H11F2N3O. The van der Waals surface area contributed by atoms with Crippen LogP contribution < -0.4 is 5.32 Å². The minimum Gasteiger partial charge on any atom is -0.418 e. The van der Waals surface area contributed by atoms with E-state index in [4.69, 9.17) is 0 Å². The van der Waals surface area contributed by atoms with Crippen molar-refractivity contribution in [2.45, 2.75) is 32.9 Å². The predicted octanol–water partition coefficient (Wildman–Crippen LogP) is 1.51. The van der Waals surface area contributed by atoms with Gasteiger partial charge in [0.15, 0.2) is 0 Å². The number of nitrogens with zero attached hydrogens (tertiary/aromatic N) is 2. The van der Waals surface area contributed by atoms with Crippen molar-refractivity contribution in [3.8, 4) is 0 Å². The molecule has 0 saturated heterocycles. The number of halogens is 2. The van der Waals surface area contributed by atoms with Gasteiger partial charge in [0.1, 0.15) is 0 Å². The quantitative estimate of drug-likeness (QED) is 0.783. The molecule has 1 aromatic rings. The Morgan fingerprint density at radius 1 is 1.38 bits per heavy atom. The molecule has 1 N–H and O–H groups in total. The number of hydrogen-bond donors (Lipinski definition) is 1. The normalized spacial score (nSPS) is 11.5. The summed E-state index contributed by atoms with van der Waals surface area (Å²) in [5.74, 6) is -0.440. The molecule has 4 nitrogen and oxygen atoms in total. The summed E-state index contributed by atoms with van der Waals surface area (Å²) in [5, 5.41) is 9.61. The fraction of sp³-hybridized carbons (Fsp3) is 0.714. The van der Waals surface area contributed by atoms with Crippen LogP contribution in [0.2, 0.25) is 0 Å². The van der Waals surface area contributed by atoms with Gasteiger partial charge < -0.3 is 9.73 Å². The molecule has 1 heterocycles. The molecule has 1 rings (SSSR count). The maximum Gasteiger partial charge on any atom is 0.314 e. The molecule has 6 heteroatoms. The van der Waals surface area contributed by atoms with Crippen molar-refractivity contribution >= 4 is 0 Å². The topological polar surface area (TPSA) is 51.0 Å². The van der Waals surface area contributed by atoms with Crippen LogP contribution in [-0.2, 0) is 6.54 Å². The van der Waals surface area contributed by atoms with E-state index in [1.807, 2.05) is 13.8 Å². The Labute approximate surface area is 74.3 Å². The second kappa shape index (κ2) is 4.27. The second-order valence-electron chi connectivity index (χ2n) is 2.87. The third kappa shape index (κ3) is 3.06. The van der Waals surface area contributed by atoms with Crippen LogP contribution in [-0.4, -0.2) is 16.2 Å². The average Bonchev–Trinajstić information content (AvgIpc) is 2.48. The minimum atomic E-state index is -2.69. The Bertz CT molecular complexity index is 262. The monoisotopic (exact) mass is 191 g/mol. The molecule has 0 bridgehead atoms. The first-order chi connectivity index (χ1) is 6.09. The molecule has 0 aliphatic heterocycles. The average molecular weight is 191 g/mol. The van der Waals surface area contributed by atoms with Gasteiger partial charge in [-0.25, -0.2) is 0 Å². The number of alkyl halides is 2. The molecule has 0 spiro atoms. The van der Waals surface area contributed by atoms with Gasteiger partial charge in [0.25, 0.3) is 5.89 Å². The summed E-state index contributed by atoms with van der Waals surface area (Å²) in [6, 6.07) is 0.252. The third-order valence-corrected chi connectivity index (χ3v) is 1.33. The van der Waals surface area contributed by atoms with Crippen molar-refractivity contribution in [2.75, 3.05) is 0 Å². The van der Waals surface area contributed by atoms with Crippen LogP contribution in [0.4, 0.5) is 8.78 Å². The van der Waals surface area contributed by atoms with E-state index in [1.165, 1.54) is 0 Å². The number of rotatable bonds is 4. The van der Waals surface area contributed by atoms with E-state index < -0.39 is 12.3 Å². The zero-order chi connectivity index (χ0) is 9.84. The zero-order valence-electron chi connectivity index (χ0n) is 7.42. The van der Waals surface area contributed by atoms with E-state index in [9.17, 15) is 8.78 Å². The minimum absolute atomic E-state index is 0.184. The molecule has 0 aromatic carbocycles. The van der Waals surface area contributed by atoms with Crippen molar-refractivity contribution in [1.29, 1.82) is 0 Å². The van der Waals surface area contributed by atoms with Gasteiger partial charge in [-0.1, -0.05) is 13.8 Å². The highest BCUT2D eigenvalue weighted by Gasteiger charge is 2.15. The number of hydrogen-bond acceptors (Lipinski definition) is 4. The summed E-state index contributed by atoms with van der Waals surface area (Å²) in [6.45, 7) is 4.19. The first-order valence-corrected chi connectivity index (χ1v) is 3.93. The molecule has 13 heavy (non-hydrogen) atoms. The van der Waals surface area contributed by atoms with E-state index in [-0.39, 0.29) is 11.9 Å². The van der Waals surface area contributed by atoms with Gasteiger partial charge in [0.05, 0.1) is 6.54 Å². The van der Waals surface area contributed by atoms with Gasteiger partial charge in [-0.2, -0.15) is 8.78 Å². The second-order valence-corrected chi connectivity index (χ2v) is 2.87. The van der Waals surface area contributed by atoms with Crippen LogP contribution in [0.5, 0.6) is 0 Å². The molecule has 0 aliphatic carbocycles. The largest absolute Gasteiger partial charge is 0.418 e. The Morgan fingerprint density at radius 3 is 2.54 bits per heavy atom. The Balaban J connectivity index is 2.49. The molecule has 0 saturated carbocycles. The smallest absolute Gasteiger partial charge is 0.314 e. The SMILES string of the molecule is CC(C)NCc1nnc(C(F)F)o1. The number of aromatic nitrogens is 2. The van der Waals surface area contributed by atoms with E-state index in [0.29, 0.717) is 6.54 Å². The highest BCUT2D eigenvalue weighted by atomic mass is 19.3. The molecule has 1 aromatic heterocycles.